The molecule has 5 heterocycles. The summed E-state index contributed by atoms with van der Waals surface area (Å²) in [5, 5.41) is 23.9. The molecule has 0 spiro atoms. The van der Waals surface area contributed by atoms with Gasteiger partial charge in [-0.1, -0.05) is 16.8 Å². The lowest BCUT2D eigenvalue weighted by atomic mass is 10.0. The van der Waals surface area contributed by atoms with E-state index in [9.17, 15) is 18.7 Å². The van der Waals surface area contributed by atoms with Gasteiger partial charge in [0.1, 0.15) is 52.6 Å². The molecule has 218 valence electrons. The number of ether oxygens (including phenoxy) is 2. The fourth-order valence-corrected chi connectivity index (χ4v) is 5.00. The van der Waals surface area contributed by atoms with Crippen molar-refractivity contribution in [3.63, 3.8) is 0 Å². The molecule has 1 N–H and O–H groups in total. The van der Waals surface area contributed by atoms with E-state index in [4.69, 9.17) is 21.1 Å². The lowest BCUT2D eigenvalue weighted by Gasteiger charge is -2.33. The summed E-state index contributed by atoms with van der Waals surface area (Å²) in [6, 6.07) is 2.38. The Kier molecular flexibility index (Phi) is 7.84. The first kappa shape index (κ1) is 28.7. The minimum absolute atomic E-state index is 0.0433. The summed E-state index contributed by atoms with van der Waals surface area (Å²) in [6.07, 6.45) is 3.60. The van der Waals surface area contributed by atoms with E-state index in [1.54, 1.807) is 17.2 Å². The first-order valence-electron chi connectivity index (χ1n) is 13.1. The van der Waals surface area contributed by atoms with Gasteiger partial charge in [0.25, 0.3) is 0 Å². The summed E-state index contributed by atoms with van der Waals surface area (Å²) >= 11 is 6.35. The van der Waals surface area contributed by atoms with Crippen molar-refractivity contribution in [2.24, 2.45) is 0 Å². The Hall–Kier alpha value is -3.84. The molecule has 1 fully saturated rings. The van der Waals surface area contributed by atoms with Crippen LogP contribution in [-0.4, -0.2) is 71.0 Å². The molecule has 14 heteroatoms. The lowest BCUT2D eigenvalue weighted by Crippen LogP contribution is -2.42. The second-order valence-electron chi connectivity index (χ2n) is 10.9. The number of hydrogen-bond acceptors (Lipinski definition) is 8. The van der Waals surface area contributed by atoms with Crippen molar-refractivity contribution in [2.45, 2.75) is 58.3 Å². The first-order chi connectivity index (χ1) is 19.4. The van der Waals surface area contributed by atoms with Crippen LogP contribution in [-0.2, 0) is 4.74 Å². The molecule has 41 heavy (non-hydrogen) atoms. The van der Waals surface area contributed by atoms with Gasteiger partial charge in [0, 0.05) is 30.9 Å². The van der Waals surface area contributed by atoms with Gasteiger partial charge in [-0.05, 0) is 46.6 Å². The number of pyridine rings is 2. The van der Waals surface area contributed by atoms with Gasteiger partial charge in [-0.2, -0.15) is 5.10 Å². The predicted molar refractivity (Wildman–Crippen MR) is 145 cm³/mol. The van der Waals surface area contributed by atoms with Crippen LogP contribution in [0, 0.1) is 18.6 Å². The zero-order valence-electron chi connectivity index (χ0n) is 23.0. The number of carbonyl (C=O) groups excluding carboxylic acids is 1. The number of amides is 1. The normalized spacial score (nSPS) is 15.4. The third kappa shape index (κ3) is 6.10. The summed E-state index contributed by atoms with van der Waals surface area (Å²) in [6.45, 7) is 8.13. The molecule has 0 aromatic carbocycles. The zero-order chi connectivity index (χ0) is 29.5. The van der Waals surface area contributed by atoms with Gasteiger partial charge in [-0.25, -0.2) is 22.8 Å². The maximum atomic E-state index is 14.1. The van der Waals surface area contributed by atoms with Crippen LogP contribution in [0.3, 0.4) is 0 Å². The van der Waals surface area contributed by atoms with Crippen LogP contribution >= 0.6 is 11.6 Å². The lowest BCUT2D eigenvalue weighted by molar-refractivity contribution is 0.0183. The SMILES string of the molecule is Cc1c(-c2cc(OCC(O)c3ncc(F)cc3F)c3c(Cl)cnn3c2)nnn1C1CCN(C(=O)OC(C)(C)C)CC1. The van der Waals surface area contributed by atoms with Crippen molar-refractivity contribution < 1.29 is 28.2 Å². The summed E-state index contributed by atoms with van der Waals surface area (Å²) in [4.78, 5) is 17.8. The molecule has 0 bridgehead atoms. The summed E-state index contributed by atoms with van der Waals surface area (Å²) in [7, 11) is 0. The molecule has 1 aliphatic rings. The number of nitrogens with zero attached hydrogens (tertiary/aromatic N) is 7. The number of halogens is 3. The Morgan fingerprint density at radius 1 is 1.22 bits per heavy atom. The molecule has 1 amide bonds. The van der Waals surface area contributed by atoms with Gasteiger partial charge >= 0.3 is 6.09 Å². The quantitative estimate of drug-likeness (QED) is 0.337. The van der Waals surface area contributed by atoms with Crippen LogP contribution in [0.15, 0.2) is 30.7 Å². The Morgan fingerprint density at radius 2 is 1.95 bits per heavy atom. The van der Waals surface area contributed by atoms with E-state index in [1.165, 1.54) is 10.7 Å². The minimum Gasteiger partial charge on any atom is -0.488 e. The molecule has 4 aromatic rings. The Balaban J connectivity index is 1.35. The number of rotatable bonds is 6. The van der Waals surface area contributed by atoms with E-state index in [-0.39, 0.29) is 30.2 Å². The van der Waals surface area contributed by atoms with E-state index >= 15 is 0 Å². The average Bonchev–Trinajstić information content (AvgIpc) is 3.48. The van der Waals surface area contributed by atoms with Crippen LogP contribution in [0.2, 0.25) is 5.02 Å². The Labute approximate surface area is 239 Å². The molecular weight excluding hydrogens is 560 g/mol. The topological polar surface area (TPSA) is 120 Å². The van der Waals surface area contributed by atoms with Crippen LogP contribution in [0.5, 0.6) is 5.75 Å². The highest BCUT2D eigenvalue weighted by atomic mass is 35.5. The zero-order valence-corrected chi connectivity index (χ0v) is 23.8. The number of aliphatic hydroxyl groups excluding tert-OH is 1. The molecule has 1 saturated heterocycles. The van der Waals surface area contributed by atoms with Gasteiger partial charge < -0.3 is 19.5 Å². The van der Waals surface area contributed by atoms with E-state index in [0.29, 0.717) is 53.8 Å². The van der Waals surface area contributed by atoms with Gasteiger partial charge in [0.15, 0.2) is 0 Å². The number of aromatic nitrogens is 6. The van der Waals surface area contributed by atoms with E-state index in [2.05, 4.69) is 20.4 Å². The molecule has 0 saturated carbocycles. The van der Waals surface area contributed by atoms with Crippen molar-refractivity contribution in [1.82, 2.24) is 34.5 Å². The smallest absolute Gasteiger partial charge is 0.410 e. The monoisotopic (exact) mass is 589 g/mol. The van der Waals surface area contributed by atoms with Crippen LogP contribution in [0.1, 0.15) is 57.1 Å². The van der Waals surface area contributed by atoms with Gasteiger partial charge in [-0.15, -0.1) is 5.10 Å². The van der Waals surface area contributed by atoms with Crippen molar-refractivity contribution >= 4 is 23.2 Å². The minimum atomic E-state index is -1.46. The van der Waals surface area contributed by atoms with Crippen molar-refractivity contribution in [1.29, 1.82) is 0 Å². The molecule has 4 aromatic heterocycles. The maximum Gasteiger partial charge on any atom is 0.410 e. The van der Waals surface area contributed by atoms with Gasteiger partial charge in [0.05, 0.1) is 29.2 Å². The van der Waals surface area contributed by atoms with E-state index in [0.717, 1.165) is 11.9 Å². The maximum absolute atomic E-state index is 14.1. The predicted octanol–water partition coefficient (Wildman–Crippen LogP) is 4.91. The molecule has 1 atom stereocenters. The molecule has 5 rings (SSSR count). The Bertz CT molecular complexity index is 1580. The standard InChI is InChI=1S/C27H30ClF2N7O4/c1-15-23(33-34-37(15)18-5-7-35(8-6-18)26(39)41-27(2,3)4)16-9-22(25-19(28)12-32-36(25)13-16)40-14-21(38)24-20(30)10-17(29)11-31-24/h9-13,18,21,38H,5-8,14H2,1-4H3. The largest absolute Gasteiger partial charge is 0.488 e. The number of fused-ring (bicyclic) bond motifs is 1. The van der Waals surface area contributed by atoms with Crippen LogP contribution in [0.25, 0.3) is 16.8 Å². The Morgan fingerprint density at radius 3 is 2.63 bits per heavy atom. The number of carbonyl (C=O) groups is 1. The third-order valence-electron chi connectivity index (χ3n) is 6.74. The second-order valence-corrected chi connectivity index (χ2v) is 11.3. The van der Waals surface area contributed by atoms with Crippen molar-refractivity contribution in [2.75, 3.05) is 19.7 Å². The van der Waals surface area contributed by atoms with Gasteiger partial charge in [0.2, 0.25) is 0 Å². The highest BCUT2D eigenvalue weighted by Crippen LogP contribution is 2.34. The average molecular weight is 590 g/mol. The molecule has 1 unspecified atom stereocenters. The molecule has 1 aliphatic heterocycles. The summed E-state index contributed by atoms with van der Waals surface area (Å²) < 4.78 is 42.1. The molecule has 0 radical (unpaired) electrons. The summed E-state index contributed by atoms with van der Waals surface area (Å²) in [5.41, 5.74) is 1.57. The number of hydrogen-bond donors (Lipinski definition) is 1. The highest BCUT2D eigenvalue weighted by molar-refractivity contribution is 6.34. The fraction of sp³-hybridized carbons (Fsp3) is 0.444. The third-order valence-corrected chi connectivity index (χ3v) is 7.02. The fourth-order valence-electron chi connectivity index (χ4n) is 4.78. The molecule has 0 aliphatic carbocycles. The molecular formula is C27H30ClF2N7O4. The van der Waals surface area contributed by atoms with Crippen molar-refractivity contribution in [3.05, 3.63) is 58.8 Å². The summed E-state index contributed by atoms with van der Waals surface area (Å²) in [5.74, 6) is -1.56. The number of likely N-dealkylation sites (tertiary alicyclic amines) is 1. The van der Waals surface area contributed by atoms with Gasteiger partial charge in [-0.3, -0.25) is 4.98 Å². The van der Waals surface area contributed by atoms with Crippen LogP contribution in [0.4, 0.5) is 13.6 Å². The second kappa shape index (κ2) is 11.2. The first-order valence-corrected chi connectivity index (χ1v) is 13.5. The number of aliphatic hydroxyl groups is 1. The van der Waals surface area contributed by atoms with Crippen LogP contribution < -0.4 is 4.74 Å². The number of piperidine rings is 1. The molecule has 11 nitrogen and oxygen atoms in total. The van der Waals surface area contributed by atoms with E-state index in [1.807, 2.05) is 32.4 Å². The highest BCUT2D eigenvalue weighted by Gasteiger charge is 2.29. The van der Waals surface area contributed by atoms with Crippen molar-refractivity contribution in [3.8, 4) is 17.0 Å². The van der Waals surface area contributed by atoms with E-state index < -0.39 is 23.3 Å².